The number of hydrogen-bond donors (Lipinski definition) is 0. The number of hydrogen-bond acceptors (Lipinski definition) is 8. The summed E-state index contributed by atoms with van der Waals surface area (Å²) in [4.78, 5) is 32.8. The van der Waals surface area contributed by atoms with E-state index in [1.807, 2.05) is 0 Å². The molecular formula is C16H25NO7. The van der Waals surface area contributed by atoms with Gasteiger partial charge in [-0.1, -0.05) is 0 Å². The topological polar surface area (TPSA) is 112 Å². The molecule has 0 aliphatic heterocycles. The van der Waals surface area contributed by atoms with E-state index in [4.69, 9.17) is 10.00 Å². The van der Waals surface area contributed by atoms with Crippen LogP contribution in [0, 0.1) is 17.2 Å². The highest BCUT2D eigenvalue weighted by Crippen LogP contribution is 2.01. The van der Waals surface area contributed by atoms with Crippen molar-refractivity contribution in [2.24, 2.45) is 5.92 Å². The first-order chi connectivity index (χ1) is 11.4. The molecule has 0 heterocycles. The van der Waals surface area contributed by atoms with Crippen LogP contribution in [-0.2, 0) is 33.3 Å². The molecule has 0 aliphatic carbocycles. The Balaban J connectivity index is 0. The lowest BCUT2D eigenvalue weighted by atomic mass is 10.2. The quantitative estimate of drug-likeness (QED) is 0.164. The van der Waals surface area contributed by atoms with Crippen molar-refractivity contribution in [2.45, 2.75) is 34.6 Å². The minimum absolute atomic E-state index is 0.112. The molecule has 24 heavy (non-hydrogen) atoms. The Labute approximate surface area is 142 Å². The van der Waals surface area contributed by atoms with Crippen LogP contribution in [0.1, 0.15) is 34.6 Å². The normalized spacial score (nSPS) is 9.96. The molecular weight excluding hydrogens is 318 g/mol. The fraction of sp³-hybridized carbons (Fsp3) is 0.625. The van der Waals surface area contributed by atoms with Crippen molar-refractivity contribution in [3.8, 4) is 6.07 Å². The highest BCUT2D eigenvalue weighted by atomic mass is 16.6. The smallest absolute Gasteiger partial charge is 0.352 e. The number of nitriles is 1. The second-order valence-electron chi connectivity index (χ2n) is 4.04. The van der Waals surface area contributed by atoms with Gasteiger partial charge in [0.2, 0.25) is 0 Å². The summed E-state index contributed by atoms with van der Waals surface area (Å²) < 4.78 is 18.6. The Morgan fingerprint density at radius 2 is 1.38 bits per heavy atom. The molecule has 136 valence electrons. The SMILES string of the molecule is CCO/C=C(\C#N)C(=O)OCC.CCOC(=O)C(C)C(=O)OCC. The van der Waals surface area contributed by atoms with Gasteiger partial charge < -0.3 is 18.9 Å². The van der Waals surface area contributed by atoms with E-state index in [-0.39, 0.29) is 25.4 Å². The zero-order valence-corrected chi connectivity index (χ0v) is 14.8. The second kappa shape index (κ2) is 15.3. The van der Waals surface area contributed by atoms with Gasteiger partial charge in [-0.15, -0.1) is 0 Å². The monoisotopic (exact) mass is 343 g/mol. The molecule has 0 aromatic heterocycles. The number of carbonyl (C=O) groups is 3. The number of ether oxygens (including phenoxy) is 4. The Kier molecular flexibility index (Phi) is 15.1. The van der Waals surface area contributed by atoms with Crippen molar-refractivity contribution in [3.63, 3.8) is 0 Å². The van der Waals surface area contributed by atoms with Gasteiger partial charge in [0.15, 0.2) is 11.5 Å². The van der Waals surface area contributed by atoms with Crippen LogP contribution < -0.4 is 0 Å². The van der Waals surface area contributed by atoms with Crippen LogP contribution >= 0.6 is 0 Å². The Bertz CT molecular complexity index is 448. The fourth-order valence-electron chi connectivity index (χ4n) is 1.13. The number of rotatable bonds is 8. The zero-order chi connectivity index (χ0) is 19.0. The van der Waals surface area contributed by atoms with Crippen LogP contribution in [0.5, 0.6) is 0 Å². The average molecular weight is 343 g/mol. The van der Waals surface area contributed by atoms with E-state index >= 15 is 0 Å². The van der Waals surface area contributed by atoms with Gasteiger partial charge in [-0.05, 0) is 34.6 Å². The highest BCUT2D eigenvalue weighted by molar-refractivity contribution is 5.94. The molecule has 8 heteroatoms. The van der Waals surface area contributed by atoms with Gasteiger partial charge in [0.05, 0.1) is 26.4 Å². The molecule has 0 N–H and O–H groups in total. The average Bonchev–Trinajstić information content (AvgIpc) is 2.56. The summed E-state index contributed by atoms with van der Waals surface area (Å²) in [6, 6.07) is 1.68. The molecule has 0 rings (SSSR count). The van der Waals surface area contributed by atoms with Gasteiger partial charge in [-0.25, -0.2) is 4.79 Å². The molecule has 0 amide bonds. The fourth-order valence-corrected chi connectivity index (χ4v) is 1.13. The van der Waals surface area contributed by atoms with Crippen molar-refractivity contribution in [3.05, 3.63) is 11.8 Å². The first kappa shape index (κ1) is 23.7. The third kappa shape index (κ3) is 11.1. The van der Waals surface area contributed by atoms with E-state index in [0.717, 1.165) is 6.26 Å². The summed E-state index contributed by atoms with van der Waals surface area (Å²) in [6.07, 6.45) is 1.11. The molecule has 0 saturated heterocycles. The van der Waals surface area contributed by atoms with Crippen molar-refractivity contribution in [1.82, 2.24) is 0 Å². The lowest BCUT2D eigenvalue weighted by Crippen LogP contribution is -2.25. The summed E-state index contributed by atoms with van der Waals surface area (Å²) in [5.41, 5.74) is -0.112. The molecule has 0 aromatic carbocycles. The predicted octanol–water partition coefficient (Wildman–Crippen LogP) is 1.74. The first-order valence-electron chi connectivity index (χ1n) is 7.61. The largest absolute Gasteiger partial charge is 0.500 e. The summed E-state index contributed by atoms with van der Waals surface area (Å²) in [7, 11) is 0. The van der Waals surface area contributed by atoms with Crippen LogP contribution in [0.15, 0.2) is 11.8 Å². The van der Waals surface area contributed by atoms with Crippen molar-refractivity contribution in [1.29, 1.82) is 5.26 Å². The van der Waals surface area contributed by atoms with Crippen molar-refractivity contribution < 1.29 is 33.3 Å². The van der Waals surface area contributed by atoms with E-state index in [9.17, 15) is 14.4 Å². The number of nitrogens with zero attached hydrogens (tertiary/aromatic N) is 1. The van der Waals surface area contributed by atoms with Crippen LogP contribution in [0.4, 0.5) is 0 Å². The van der Waals surface area contributed by atoms with E-state index in [1.54, 1.807) is 33.8 Å². The van der Waals surface area contributed by atoms with Gasteiger partial charge in [0.1, 0.15) is 12.3 Å². The molecule has 0 aliphatic rings. The van der Waals surface area contributed by atoms with Gasteiger partial charge in [-0.2, -0.15) is 5.26 Å². The van der Waals surface area contributed by atoms with Crippen LogP contribution in [0.3, 0.4) is 0 Å². The Morgan fingerprint density at radius 3 is 1.71 bits per heavy atom. The summed E-state index contributed by atoms with van der Waals surface area (Å²) in [5.74, 6) is -2.52. The lowest BCUT2D eigenvalue weighted by molar-refractivity contribution is -0.160. The maximum absolute atomic E-state index is 10.9. The molecule has 0 atom stereocenters. The third-order valence-corrected chi connectivity index (χ3v) is 2.26. The highest BCUT2D eigenvalue weighted by Gasteiger charge is 2.23. The Hall–Kier alpha value is -2.56. The standard InChI is InChI=1S/C8H11NO3.C8H14O4/c1-3-11-6-7(5-9)8(10)12-4-2;1-4-11-7(9)6(3)8(10)12-5-2/h6H,3-4H2,1-2H3;6H,4-5H2,1-3H3/b7-6+;. The zero-order valence-electron chi connectivity index (χ0n) is 14.8. The molecule has 0 spiro atoms. The summed E-state index contributed by atoms with van der Waals surface area (Å²) in [5, 5.41) is 8.45. The first-order valence-corrected chi connectivity index (χ1v) is 7.61. The minimum atomic E-state index is -0.815. The molecule has 0 aromatic rings. The van der Waals surface area contributed by atoms with E-state index < -0.39 is 23.8 Å². The molecule has 0 radical (unpaired) electrons. The maximum Gasteiger partial charge on any atom is 0.352 e. The van der Waals surface area contributed by atoms with Gasteiger partial charge in [-0.3, -0.25) is 9.59 Å². The van der Waals surface area contributed by atoms with Gasteiger partial charge in [0.25, 0.3) is 0 Å². The van der Waals surface area contributed by atoms with Gasteiger partial charge >= 0.3 is 17.9 Å². The van der Waals surface area contributed by atoms with Crippen LogP contribution in [-0.4, -0.2) is 44.3 Å². The van der Waals surface area contributed by atoms with Gasteiger partial charge in [0, 0.05) is 0 Å². The van der Waals surface area contributed by atoms with Crippen molar-refractivity contribution in [2.75, 3.05) is 26.4 Å². The predicted molar refractivity (Wildman–Crippen MR) is 84.4 cm³/mol. The molecule has 8 nitrogen and oxygen atoms in total. The van der Waals surface area contributed by atoms with Crippen LogP contribution in [0.25, 0.3) is 0 Å². The van der Waals surface area contributed by atoms with E-state index in [1.165, 1.54) is 6.92 Å². The molecule has 0 unspecified atom stereocenters. The minimum Gasteiger partial charge on any atom is -0.500 e. The number of carbonyl (C=O) groups excluding carboxylic acids is 3. The molecule has 0 fully saturated rings. The third-order valence-electron chi connectivity index (χ3n) is 2.26. The van der Waals surface area contributed by atoms with Crippen LogP contribution in [0.2, 0.25) is 0 Å². The summed E-state index contributed by atoms with van der Waals surface area (Å²) >= 11 is 0. The molecule has 0 saturated carbocycles. The second-order valence-corrected chi connectivity index (χ2v) is 4.04. The Morgan fingerprint density at radius 1 is 0.917 bits per heavy atom. The number of esters is 3. The van der Waals surface area contributed by atoms with E-state index in [0.29, 0.717) is 6.61 Å². The van der Waals surface area contributed by atoms with Crippen molar-refractivity contribution >= 4 is 17.9 Å². The lowest BCUT2D eigenvalue weighted by Gasteiger charge is -2.08. The van der Waals surface area contributed by atoms with E-state index in [2.05, 4.69) is 14.2 Å². The summed E-state index contributed by atoms with van der Waals surface area (Å²) in [6.45, 7) is 9.52. The maximum atomic E-state index is 10.9. The molecule has 0 bridgehead atoms.